The standard InChI is InChI=1S/C16H20N2O2/c17-13-7-3-2-6-12(13)11-18-14(19)10-16(15(18)20)8-4-1-5-9-16/h2-3,6-7H,1,4-5,8-11,17H2. The smallest absolute Gasteiger partial charge is 0.236 e. The molecule has 0 atom stereocenters. The number of imide groups is 1. The second kappa shape index (κ2) is 4.93. The highest BCUT2D eigenvalue weighted by atomic mass is 16.2. The lowest BCUT2D eigenvalue weighted by Gasteiger charge is -2.30. The van der Waals surface area contributed by atoms with E-state index >= 15 is 0 Å². The minimum Gasteiger partial charge on any atom is -0.398 e. The molecular formula is C16H20N2O2. The molecule has 20 heavy (non-hydrogen) atoms. The first-order valence-corrected chi connectivity index (χ1v) is 7.31. The fourth-order valence-corrected chi connectivity index (χ4v) is 3.49. The summed E-state index contributed by atoms with van der Waals surface area (Å²) in [5.74, 6) is -0.0226. The second-order valence-corrected chi connectivity index (χ2v) is 6.00. The maximum Gasteiger partial charge on any atom is 0.236 e. The molecule has 0 bridgehead atoms. The normalized spacial score (nSPS) is 21.7. The molecule has 2 N–H and O–H groups in total. The van der Waals surface area contributed by atoms with E-state index in [-0.39, 0.29) is 11.8 Å². The van der Waals surface area contributed by atoms with Gasteiger partial charge in [0.2, 0.25) is 11.8 Å². The van der Waals surface area contributed by atoms with Gasteiger partial charge < -0.3 is 5.73 Å². The van der Waals surface area contributed by atoms with Crippen LogP contribution in [-0.2, 0) is 16.1 Å². The number of nitrogens with two attached hydrogens (primary N) is 1. The summed E-state index contributed by atoms with van der Waals surface area (Å²) >= 11 is 0. The van der Waals surface area contributed by atoms with Crippen molar-refractivity contribution in [2.24, 2.45) is 5.41 Å². The van der Waals surface area contributed by atoms with Crippen molar-refractivity contribution in [3.8, 4) is 0 Å². The average Bonchev–Trinajstić information content (AvgIpc) is 2.66. The van der Waals surface area contributed by atoms with Crippen LogP contribution in [0.5, 0.6) is 0 Å². The summed E-state index contributed by atoms with van der Waals surface area (Å²) in [5, 5.41) is 0. The molecule has 106 valence electrons. The molecule has 4 heteroatoms. The summed E-state index contributed by atoms with van der Waals surface area (Å²) in [6, 6.07) is 7.42. The predicted molar refractivity (Wildman–Crippen MR) is 76.5 cm³/mol. The van der Waals surface area contributed by atoms with Crippen LogP contribution < -0.4 is 5.73 Å². The van der Waals surface area contributed by atoms with Crippen molar-refractivity contribution in [3.05, 3.63) is 29.8 Å². The van der Waals surface area contributed by atoms with Gasteiger partial charge in [0, 0.05) is 12.1 Å². The van der Waals surface area contributed by atoms with Gasteiger partial charge >= 0.3 is 0 Å². The SMILES string of the molecule is Nc1ccccc1CN1C(=O)CC2(CCCCC2)C1=O. The Morgan fingerprint density at radius 2 is 1.80 bits per heavy atom. The van der Waals surface area contributed by atoms with Crippen molar-refractivity contribution in [2.75, 3.05) is 5.73 Å². The molecular weight excluding hydrogens is 252 g/mol. The molecule has 0 unspecified atom stereocenters. The van der Waals surface area contributed by atoms with Crippen molar-refractivity contribution in [3.63, 3.8) is 0 Å². The van der Waals surface area contributed by atoms with E-state index in [1.165, 1.54) is 11.3 Å². The first-order chi connectivity index (χ1) is 9.62. The molecule has 1 heterocycles. The maximum atomic E-state index is 12.7. The summed E-state index contributed by atoms with van der Waals surface area (Å²) in [6.45, 7) is 0.312. The number of carbonyl (C=O) groups is 2. The first kappa shape index (κ1) is 13.2. The predicted octanol–water partition coefficient (Wildman–Crippen LogP) is 2.48. The number of hydrogen-bond donors (Lipinski definition) is 1. The van der Waals surface area contributed by atoms with Crippen LogP contribution in [0.2, 0.25) is 0 Å². The summed E-state index contributed by atoms with van der Waals surface area (Å²) < 4.78 is 0. The third kappa shape index (κ3) is 2.09. The van der Waals surface area contributed by atoms with Crippen molar-refractivity contribution in [1.82, 2.24) is 4.90 Å². The van der Waals surface area contributed by atoms with Gasteiger partial charge in [0.05, 0.1) is 12.0 Å². The topological polar surface area (TPSA) is 63.4 Å². The van der Waals surface area contributed by atoms with Gasteiger partial charge in [0.1, 0.15) is 0 Å². The number of para-hydroxylation sites is 1. The molecule has 1 aromatic rings. The lowest BCUT2D eigenvalue weighted by Crippen LogP contribution is -2.36. The molecule has 0 radical (unpaired) electrons. The summed E-state index contributed by atoms with van der Waals surface area (Å²) in [7, 11) is 0. The fraction of sp³-hybridized carbons (Fsp3) is 0.500. The minimum absolute atomic E-state index is 0.0189. The van der Waals surface area contributed by atoms with E-state index in [1.54, 1.807) is 6.07 Å². The largest absolute Gasteiger partial charge is 0.398 e. The lowest BCUT2D eigenvalue weighted by molar-refractivity contribution is -0.142. The highest BCUT2D eigenvalue weighted by Crippen LogP contribution is 2.45. The number of carbonyl (C=O) groups excluding carboxylic acids is 2. The fourth-order valence-electron chi connectivity index (χ4n) is 3.49. The molecule has 1 aromatic carbocycles. The molecule has 1 aliphatic carbocycles. The second-order valence-electron chi connectivity index (χ2n) is 6.00. The Hall–Kier alpha value is -1.84. The van der Waals surface area contributed by atoms with E-state index in [9.17, 15) is 9.59 Å². The molecule has 2 fully saturated rings. The number of anilines is 1. The minimum atomic E-state index is -0.404. The van der Waals surface area contributed by atoms with Crippen LogP contribution in [0.15, 0.2) is 24.3 Å². The number of likely N-dealkylation sites (tertiary alicyclic amines) is 1. The molecule has 1 saturated carbocycles. The quantitative estimate of drug-likeness (QED) is 0.664. The van der Waals surface area contributed by atoms with Gasteiger partial charge in [-0.15, -0.1) is 0 Å². The van der Waals surface area contributed by atoms with Crippen LogP contribution in [0.3, 0.4) is 0 Å². The zero-order valence-corrected chi connectivity index (χ0v) is 11.6. The Labute approximate surface area is 118 Å². The van der Waals surface area contributed by atoms with E-state index in [2.05, 4.69) is 0 Å². The van der Waals surface area contributed by atoms with Crippen molar-refractivity contribution in [1.29, 1.82) is 0 Å². The zero-order chi connectivity index (χ0) is 14.2. The third-order valence-electron chi connectivity index (χ3n) is 4.68. The number of nitrogens with zero attached hydrogens (tertiary/aromatic N) is 1. The van der Waals surface area contributed by atoms with Crippen LogP contribution in [-0.4, -0.2) is 16.7 Å². The van der Waals surface area contributed by atoms with Crippen LogP contribution >= 0.6 is 0 Å². The van der Waals surface area contributed by atoms with Crippen LogP contribution in [0.1, 0.15) is 44.1 Å². The van der Waals surface area contributed by atoms with Gasteiger partial charge in [0.25, 0.3) is 0 Å². The maximum absolute atomic E-state index is 12.7. The van der Waals surface area contributed by atoms with E-state index < -0.39 is 5.41 Å². The number of nitrogen functional groups attached to an aromatic ring is 1. The van der Waals surface area contributed by atoms with Gasteiger partial charge in [-0.2, -0.15) is 0 Å². The van der Waals surface area contributed by atoms with Crippen molar-refractivity contribution < 1.29 is 9.59 Å². The Morgan fingerprint density at radius 3 is 2.50 bits per heavy atom. The summed E-state index contributed by atoms with van der Waals surface area (Å²) in [5.41, 5.74) is 6.99. The van der Waals surface area contributed by atoms with Gasteiger partial charge in [-0.3, -0.25) is 14.5 Å². The zero-order valence-electron chi connectivity index (χ0n) is 11.6. The third-order valence-corrected chi connectivity index (χ3v) is 4.68. The van der Waals surface area contributed by atoms with Gasteiger partial charge in [-0.1, -0.05) is 37.5 Å². The number of benzene rings is 1. The Kier molecular flexibility index (Phi) is 3.24. The van der Waals surface area contributed by atoms with Crippen molar-refractivity contribution in [2.45, 2.75) is 45.1 Å². The monoisotopic (exact) mass is 272 g/mol. The molecule has 2 aliphatic rings. The van der Waals surface area contributed by atoms with E-state index in [4.69, 9.17) is 5.73 Å². The molecule has 2 amide bonds. The first-order valence-electron chi connectivity index (χ1n) is 7.31. The van der Waals surface area contributed by atoms with Crippen LogP contribution in [0, 0.1) is 5.41 Å². The van der Waals surface area contributed by atoms with Gasteiger partial charge in [-0.25, -0.2) is 0 Å². The molecule has 3 rings (SSSR count). The summed E-state index contributed by atoms with van der Waals surface area (Å²) in [6.07, 6.45) is 5.39. The Morgan fingerprint density at radius 1 is 1.10 bits per heavy atom. The number of rotatable bonds is 2. The van der Waals surface area contributed by atoms with Gasteiger partial charge in [0.15, 0.2) is 0 Å². The number of hydrogen-bond acceptors (Lipinski definition) is 3. The molecule has 1 aliphatic heterocycles. The Balaban J connectivity index is 1.82. The highest BCUT2D eigenvalue weighted by molar-refractivity contribution is 6.05. The van der Waals surface area contributed by atoms with Gasteiger partial charge in [-0.05, 0) is 24.5 Å². The average molecular weight is 272 g/mol. The molecule has 1 saturated heterocycles. The van der Waals surface area contributed by atoms with Crippen LogP contribution in [0.4, 0.5) is 5.69 Å². The molecule has 0 aromatic heterocycles. The van der Waals surface area contributed by atoms with E-state index in [0.29, 0.717) is 18.7 Å². The van der Waals surface area contributed by atoms with E-state index in [1.807, 2.05) is 18.2 Å². The number of amides is 2. The van der Waals surface area contributed by atoms with E-state index in [0.717, 1.165) is 31.2 Å². The van der Waals surface area contributed by atoms with Crippen molar-refractivity contribution >= 4 is 17.5 Å². The summed E-state index contributed by atoms with van der Waals surface area (Å²) in [4.78, 5) is 26.3. The Bertz CT molecular complexity index is 547. The lowest BCUT2D eigenvalue weighted by atomic mass is 9.73. The van der Waals surface area contributed by atoms with Crippen LogP contribution in [0.25, 0.3) is 0 Å². The molecule has 4 nitrogen and oxygen atoms in total. The highest BCUT2D eigenvalue weighted by Gasteiger charge is 2.51. The molecule has 1 spiro atoms.